The van der Waals surface area contributed by atoms with Crippen molar-refractivity contribution in [2.24, 2.45) is 0 Å². The van der Waals surface area contributed by atoms with E-state index in [1.54, 1.807) is 0 Å². The lowest BCUT2D eigenvalue weighted by Crippen LogP contribution is -1.87. The van der Waals surface area contributed by atoms with Crippen molar-refractivity contribution < 1.29 is 4.79 Å². The van der Waals surface area contributed by atoms with E-state index in [1.807, 2.05) is 18.2 Å². The summed E-state index contributed by atoms with van der Waals surface area (Å²) in [6.07, 6.45) is 0.904. The molecule has 70 valence electrons. The smallest absolute Gasteiger partial charge is 0.151 e. The van der Waals surface area contributed by atoms with Crippen LogP contribution < -0.4 is 0 Å². The van der Waals surface area contributed by atoms with Gasteiger partial charge in [-0.25, -0.2) is 0 Å². The fraction of sp³-hybridized carbons (Fsp3) is 0. The van der Waals surface area contributed by atoms with Gasteiger partial charge in [0.25, 0.3) is 0 Å². The third-order valence-corrected chi connectivity index (χ3v) is 3.95. The van der Waals surface area contributed by atoms with Gasteiger partial charge in [0, 0.05) is 12.7 Å². The maximum absolute atomic E-state index is 10.7. The number of hydrogen-bond donors (Lipinski definition) is 0. The molecule has 2 aromatic rings. The molecular formula is C11H6I2O. The Balaban J connectivity index is 2.85. The summed E-state index contributed by atoms with van der Waals surface area (Å²) in [4.78, 5) is 10.7. The molecule has 2 rings (SSSR count). The lowest BCUT2D eigenvalue weighted by molar-refractivity contribution is 0.112. The maximum atomic E-state index is 10.7. The molecule has 0 aliphatic heterocycles. The van der Waals surface area contributed by atoms with Crippen LogP contribution in [0.15, 0.2) is 30.3 Å². The Morgan fingerprint density at radius 2 is 1.86 bits per heavy atom. The summed E-state index contributed by atoms with van der Waals surface area (Å²) in [5.74, 6) is 0. The second-order valence-corrected chi connectivity index (χ2v) is 5.28. The number of carbonyl (C=O) groups is 1. The summed E-state index contributed by atoms with van der Waals surface area (Å²) in [6.45, 7) is 0. The van der Waals surface area contributed by atoms with E-state index in [1.165, 1.54) is 8.96 Å². The molecule has 0 aliphatic carbocycles. The summed E-state index contributed by atoms with van der Waals surface area (Å²) in [5.41, 5.74) is 0.764. The summed E-state index contributed by atoms with van der Waals surface area (Å²) in [7, 11) is 0. The minimum absolute atomic E-state index is 0.764. The minimum atomic E-state index is 0.764. The predicted octanol–water partition coefficient (Wildman–Crippen LogP) is 3.86. The van der Waals surface area contributed by atoms with Crippen molar-refractivity contribution in [3.8, 4) is 0 Å². The van der Waals surface area contributed by atoms with Gasteiger partial charge in [0.15, 0.2) is 6.29 Å². The molecule has 0 bridgehead atoms. The molecule has 0 heterocycles. The molecule has 0 N–H and O–H groups in total. The van der Waals surface area contributed by atoms with Gasteiger partial charge in [-0.2, -0.15) is 0 Å². The van der Waals surface area contributed by atoms with Crippen molar-refractivity contribution in [1.29, 1.82) is 0 Å². The van der Waals surface area contributed by atoms with E-state index in [-0.39, 0.29) is 0 Å². The average Bonchev–Trinajstić information content (AvgIpc) is 2.19. The zero-order valence-electron chi connectivity index (χ0n) is 7.13. The van der Waals surface area contributed by atoms with Gasteiger partial charge >= 0.3 is 0 Å². The van der Waals surface area contributed by atoms with E-state index in [2.05, 4.69) is 57.3 Å². The minimum Gasteiger partial charge on any atom is -0.298 e. The molecule has 0 atom stereocenters. The number of fused-ring (bicyclic) bond motifs is 1. The molecule has 0 aromatic heterocycles. The third kappa shape index (κ3) is 1.79. The lowest BCUT2D eigenvalue weighted by atomic mass is 10.1. The fourth-order valence-electron chi connectivity index (χ4n) is 1.37. The van der Waals surface area contributed by atoms with Crippen LogP contribution in [0.4, 0.5) is 0 Å². The van der Waals surface area contributed by atoms with Crippen LogP contribution in [-0.2, 0) is 0 Å². The van der Waals surface area contributed by atoms with Crippen molar-refractivity contribution in [3.05, 3.63) is 43.0 Å². The van der Waals surface area contributed by atoms with E-state index in [0.717, 1.165) is 20.8 Å². The topological polar surface area (TPSA) is 17.1 Å². The summed E-state index contributed by atoms with van der Waals surface area (Å²) in [6, 6.07) is 10.1. The van der Waals surface area contributed by atoms with E-state index in [4.69, 9.17) is 0 Å². The first-order valence-electron chi connectivity index (χ1n) is 4.05. The normalized spacial score (nSPS) is 10.4. The van der Waals surface area contributed by atoms with Crippen LogP contribution in [-0.4, -0.2) is 6.29 Å². The van der Waals surface area contributed by atoms with Gasteiger partial charge in [0.2, 0.25) is 0 Å². The van der Waals surface area contributed by atoms with E-state index in [0.29, 0.717) is 0 Å². The summed E-state index contributed by atoms with van der Waals surface area (Å²) < 4.78 is 2.23. The number of hydrogen-bond acceptors (Lipinski definition) is 1. The average molecular weight is 408 g/mol. The molecule has 0 aliphatic rings. The zero-order chi connectivity index (χ0) is 10.1. The predicted molar refractivity (Wildman–Crippen MR) is 74.8 cm³/mol. The van der Waals surface area contributed by atoms with Gasteiger partial charge in [-0.1, -0.05) is 12.1 Å². The number of halogens is 2. The molecule has 0 saturated carbocycles. The van der Waals surface area contributed by atoms with Crippen molar-refractivity contribution >= 4 is 62.2 Å². The highest BCUT2D eigenvalue weighted by molar-refractivity contribution is 14.1. The Bertz CT molecular complexity index is 506. The van der Waals surface area contributed by atoms with Crippen molar-refractivity contribution in [2.75, 3.05) is 0 Å². The molecule has 3 heteroatoms. The largest absolute Gasteiger partial charge is 0.298 e. The van der Waals surface area contributed by atoms with Gasteiger partial charge in [-0.3, -0.25) is 4.79 Å². The van der Waals surface area contributed by atoms with Gasteiger partial charge < -0.3 is 0 Å². The van der Waals surface area contributed by atoms with Gasteiger partial charge in [-0.05, 0) is 74.2 Å². The first-order chi connectivity index (χ1) is 6.72. The third-order valence-electron chi connectivity index (χ3n) is 2.07. The first kappa shape index (κ1) is 10.4. The van der Waals surface area contributed by atoms with Gasteiger partial charge in [0.1, 0.15) is 0 Å². The molecular weight excluding hydrogens is 402 g/mol. The Labute approximate surface area is 109 Å². The van der Waals surface area contributed by atoms with Crippen molar-refractivity contribution in [2.45, 2.75) is 0 Å². The standard InChI is InChI=1S/C11H6I2O/c12-10-3-1-2-7-4-8(6-14)11(13)5-9(7)10/h1-6H. The Hall–Kier alpha value is -0.170. The van der Waals surface area contributed by atoms with E-state index < -0.39 is 0 Å². The summed E-state index contributed by atoms with van der Waals surface area (Å²) >= 11 is 4.50. The molecule has 0 spiro atoms. The van der Waals surface area contributed by atoms with Crippen LogP contribution in [0.1, 0.15) is 10.4 Å². The van der Waals surface area contributed by atoms with Crippen LogP contribution in [0.25, 0.3) is 10.8 Å². The lowest BCUT2D eigenvalue weighted by Gasteiger charge is -2.03. The molecule has 0 fully saturated rings. The molecule has 0 unspecified atom stereocenters. The molecule has 0 radical (unpaired) electrons. The number of benzene rings is 2. The van der Waals surface area contributed by atoms with Crippen LogP contribution in [0, 0.1) is 7.14 Å². The monoisotopic (exact) mass is 408 g/mol. The molecule has 0 saturated heterocycles. The van der Waals surface area contributed by atoms with Crippen molar-refractivity contribution in [1.82, 2.24) is 0 Å². The van der Waals surface area contributed by atoms with Crippen LogP contribution in [0.2, 0.25) is 0 Å². The Kier molecular flexibility index (Phi) is 3.06. The van der Waals surface area contributed by atoms with Crippen molar-refractivity contribution in [3.63, 3.8) is 0 Å². The van der Waals surface area contributed by atoms with E-state index >= 15 is 0 Å². The Morgan fingerprint density at radius 1 is 1.07 bits per heavy atom. The summed E-state index contributed by atoms with van der Waals surface area (Å²) in [5, 5.41) is 2.34. The van der Waals surface area contributed by atoms with Gasteiger partial charge in [0.05, 0.1) is 0 Å². The highest BCUT2D eigenvalue weighted by Gasteiger charge is 2.03. The fourth-order valence-corrected chi connectivity index (χ4v) is 2.64. The molecule has 1 nitrogen and oxygen atoms in total. The Morgan fingerprint density at radius 3 is 2.57 bits per heavy atom. The second kappa shape index (κ2) is 4.14. The number of rotatable bonds is 1. The molecule has 0 amide bonds. The highest BCUT2D eigenvalue weighted by atomic mass is 127. The second-order valence-electron chi connectivity index (χ2n) is 2.95. The van der Waals surface area contributed by atoms with Crippen LogP contribution in [0.3, 0.4) is 0 Å². The van der Waals surface area contributed by atoms with Crippen LogP contribution >= 0.6 is 45.2 Å². The van der Waals surface area contributed by atoms with Crippen LogP contribution in [0.5, 0.6) is 0 Å². The zero-order valence-corrected chi connectivity index (χ0v) is 11.4. The SMILES string of the molecule is O=Cc1cc2cccc(I)c2cc1I. The van der Waals surface area contributed by atoms with Gasteiger partial charge in [-0.15, -0.1) is 0 Å². The first-order valence-corrected chi connectivity index (χ1v) is 6.21. The number of carbonyl (C=O) groups excluding carboxylic acids is 1. The molecule has 14 heavy (non-hydrogen) atoms. The quantitative estimate of drug-likeness (QED) is 0.518. The maximum Gasteiger partial charge on any atom is 0.151 e. The highest BCUT2D eigenvalue weighted by Crippen LogP contribution is 2.24. The number of aldehydes is 1. The van der Waals surface area contributed by atoms with E-state index in [9.17, 15) is 4.79 Å². The molecule has 2 aromatic carbocycles.